The van der Waals surface area contributed by atoms with Crippen LogP contribution in [0.25, 0.3) is 0 Å². The van der Waals surface area contributed by atoms with Gasteiger partial charge >= 0.3 is 135 Å². The number of unbranched alkanes of at least 4 members (excludes halogenated alkanes) is 3. The molecular weight excluding hydrogens is 578 g/mol. The van der Waals surface area contributed by atoms with Crippen LogP contribution in [0, 0.1) is 12.5 Å². The van der Waals surface area contributed by atoms with E-state index in [4.69, 9.17) is 14.4 Å². The summed E-state index contributed by atoms with van der Waals surface area (Å²) in [5.74, 6) is 0.657. The number of anilines is 1. The van der Waals surface area contributed by atoms with Crippen molar-refractivity contribution in [1.82, 2.24) is 8.61 Å². The van der Waals surface area contributed by atoms with Crippen molar-refractivity contribution in [3.05, 3.63) is 66.1 Å². The van der Waals surface area contributed by atoms with Crippen LogP contribution in [0.1, 0.15) is 43.7 Å². The van der Waals surface area contributed by atoms with Crippen LogP contribution in [0.5, 0.6) is 5.75 Å². The van der Waals surface area contributed by atoms with Gasteiger partial charge in [-0.1, -0.05) is 26.2 Å². The summed E-state index contributed by atoms with van der Waals surface area (Å²) in [6.07, 6.45) is 9.01. The molecule has 3 rings (SSSR count). The summed E-state index contributed by atoms with van der Waals surface area (Å²) in [5, 5.41) is 3.36. The molecule has 1 fully saturated rings. The second kappa shape index (κ2) is 17.7. The Morgan fingerprint density at radius 1 is 1.09 bits per heavy atom. The van der Waals surface area contributed by atoms with Crippen LogP contribution < -0.4 is 10.1 Å². The first-order valence-electron chi connectivity index (χ1n) is 11.4. The summed E-state index contributed by atoms with van der Waals surface area (Å²) in [4.78, 5) is 0. The second-order valence-electron chi connectivity index (χ2n) is 7.57. The van der Waals surface area contributed by atoms with Gasteiger partial charge < -0.3 is 8.61 Å². The quantitative estimate of drug-likeness (QED) is 0.119. The summed E-state index contributed by atoms with van der Waals surface area (Å²) >= 11 is 3.17. The fourth-order valence-electron chi connectivity index (χ4n) is 3.18. The monoisotopic (exact) mass is 613 g/mol. The number of rotatable bonds is 12. The zero-order valence-corrected chi connectivity index (χ0v) is 24.2. The van der Waals surface area contributed by atoms with Gasteiger partial charge in [-0.25, -0.2) is 0 Å². The van der Waals surface area contributed by atoms with Crippen LogP contribution in [0.2, 0.25) is 0 Å². The predicted molar refractivity (Wildman–Crippen MR) is 146 cm³/mol. The van der Waals surface area contributed by atoms with Crippen LogP contribution in [-0.4, -0.2) is 45.4 Å². The van der Waals surface area contributed by atoms with E-state index in [0.29, 0.717) is 6.54 Å². The molecule has 0 radical (unpaired) electrons. The van der Waals surface area contributed by atoms with E-state index >= 15 is 0 Å². The zero-order valence-electron chi connectivity index (χ0n) is 20.1. The van der Waals surface area contributed by atoms with Gasteiger partial charge in [0.1, 0.15) is 0 Å². The van der Waals surface area contributed by atoms with Gasteiger partial charge in [0.05, 0.1) is 0 Å². The number of nitrogens with one attached hydrogen (secondary N) is 1. The van der Waals surface area contributed by atoms with Gasteiger partial charge in [-0.2, -0.15) is 6.67 Å². The summed E-state index contributed by atoms with van der Waals surface area (Å²) in [6.45, 7) is 8.05. The van der Waals surface area contributed by atoms with Crippen LogP contribution in [0.3, 0.4) is 0 Å². The molecular formula is C25H35ClFN3ORuS2-. The first kappa shape index (κ1) is 29.6. The van der Waals surface area contributed by atoms with Gasteiger partial charge in [0.15, 0.2) is 0 Å². The molecule has 1 aliphatic heterocycles. The number of benzene rings is 2. The summed E-state index contributed by atoms with van der Waals surface area (Å²) in [6, 6.07) is 12.8. The standard InChI is InChI=1S/C20H24FNO.C5H11N2S2.ClH.Ru/c1-3-4-5-6-13-23-20-11-9-19(10-12-20)22-15-17-7-8-18(21)14-16(17)2;1-8-6-3-4-7(5-6)9-2;;/h2,7-12,14,22H,3-6,13,15H2,1H3;5H,3-4H2,1-2H3;1H;/q;-1;;+1/p-1. The average Bonchev–Trinajstić information content (AvgIpc) is 3.33. The van der Waals surface area contributed by atoms with Crippen molar-refractivity contribution >= 4 is 43.9 Å². The second-order valence-corrected chi connectivity index (χ2v) is 11.0. The van der Waals surface area contributed by atoms with Crippen molar-refractivity contribution in [1.29, 1.82) is 0 Å². The number of nitrogens with zero attached hydrogens (tertiary/aromatic N) is 2. The topological polar surface area (TPSA) is 27.7 Å². The molecule has 0 aliphatic carbocycles. The van der Waals surface area contributed by atoms with Crippen molar-refractivity contribution in [2.24, 2.45) is 0 Å². The van der Waals surface area contributed by atoms with Crippen molar-refractivity contribution in [2.75, 3.05) is 37.5 Å². The van der Waals surface area contributed by atoms with E-state index < -0.39 is 0 Å². The Labute approximate surface area is 224 Å². The SMILES string of the molecule is CCCCCCOc1ccc(NCc2ccc(F)cc2[CH]=[Ru][Cl])cc1.CSN1[CH-]N(SC)CC1. The van der Waals surface area contributed by atoms with Gasteiger partial charge in [0, 0.05) is 0 Å². The Hall–Kier alpha value is -0.627. The minimum absolute atomic E-state index is 0.235. The molecule has 191 valence electrons. The maximum atomic E-state index is 13.4. The molecule has 0 bridgehead atoms. The Balaban J connectivity index is 0.000000379. The van der Waals surface area contributed by atoms with Crippen molar-refractivity contribution < 1.29 is 24.8 Å². The molecule has 0 spiro atoms. The van der Waals surface area contributed by atoms with Gasteiger partial charge in [0.2, 0.25) is 0 Å². The number of hydrogen-bond acceptors (Lipinski definition) is 6. The first-order valence-corrected chi connectivity index (χ1v) is 17.0. The van der Waals surface area contributed by atoms with Gasteiger partial charge in [-0.3, -0.25) is 0 Å². The molecule has 1 aliphatic rings. The van der Waals surface area contributed by atoms with E-state index in [2.05, 4.69) is 40.0 Å². The first-order chi connectivity index (χ1) is 16.6. The number of ether oxygens (including phenoxy) is 1. The van der Waals surface area contributed by atoms with Crippen LogP contribution in [-0.2, 0) is 22.2 Å². The molecule has 4 nitrogen and oxygen atoms in total. The number of hydrogen-bond donors (Lipinski definition) is 1. The molecule has 1 N–H and O–H groups in total. The fraction of sp³-hybridized carbons (Fsp3) is 0.440. The van der Waals surface area contributed by atoms with Gasteiger partial charge in [0.25, 0.3) is 0 Å². The maximum absolute atomic E-state index is 13.4. The third-order valence-electron chi connectivity index (χ3n) is 5.13. The van der Waals surface area contributed by atoms with Gasteiger partial charge in [-0.15, -0.1) is 23.9 Å². The maximum Gasteiger partial charge on any atom is -0.00595 e. The Kier molecular flexibility index (Phi) is 15.5. The third kappa shape index (κ3) is 11.4. The Morgan fingerprint density at radius 2 is 1.79 bits per heavy atom. The third-order valence-corrected chi connectivity index (χ3v) is 7.81. The van der Waals surface area contributed by atoms with Crippen LogP contribution in [0.15, 0.2) is 42.5 Å². The van der Waals surface area contributed by atoms with E-state index in [9.17, 15) is 4.39 Å². The smallest absolute Gasteiger partial charge is 0.00595 e. The van der Waals surface area contributed by atoms with Crippen molar-refractivity contribution in [2.45, 2.75) is 39.2 Å². The molecule has 0 atom stereocenters. The summed E-state index contributed by atoms with van der Waals surface area (Å²) < 4.78 is 25.5. The molecule has 0 aromatic heterocycles. The Bertz CT molecular complexity index is 851. The van der Waals surface area contributed by atoms with E-state index in [0.717, 1.165) is 48.7 Å². The largest absolute Gasteiger partial charge is 0.386 e. The molecule has 1 saturated heterocycles. The van der Waals surface area contributed by atoms with Crippen LogP contribution in [0.4, 0.5) is 10.1 Å². The summed E-state index contributed by atoms with van der Waals surface area (Å²) in [7, 11) is 5.84. The predicted octanol–water partition coefficient (Wildman–Crippen LogP) is 7.06. The normalized spacial score (nSPS) is 14.5. The molecule has 1 heterocycles. The minimum atomic E-state index is -0.381. The van der Waals surface area contributed by atoms with Crippen molar-refractivity contribution in [3.63, 3.8) is 0 Å². The van der Waals surface area contributed by atoms with E-state index in [1.807, 2.05) is 28.9 Å². The zero-order chi connectivity index (χ0) is 24.6. The van der Waals surface area contributed by atoms with E-state index in [-0.39, 0.29) is 21.5 Å². The van der Waals surface area contributed by atoms with Gasteiger partial charge in [-0.05, 0) is 25.6 Å². The molecule has 9 heteroatoms. The average molecular weight is 613 g/mol. The van der Waals surface area contributed by atoms with E-state index in [1.165, 1.54) is 31.4 Å². The molecule has 2 aromatic carbocycles. The summed E-state index contributed by atoms with van der Waals surface area (Å²) in [5.41, 5.74) is 2.91. The minimum Gasteiger partial charge on any atom is -0.386 e. The molecule has 34 heavy (non-hydrogen) atoms. The molecule has 0 saturated carbocycles. The Morgan fingerprint density at radius 3 is 2.38 bits per heavy atom. The van der Waals surface area contributed by atoms with E-state index in [1.54, 1.807) is 30.0 Å². The van der Waals surface area contributed by atoms with Crippen molar-refractivity contribution in [3.8, 4) is 5.75 Å². The molecule has 0 amide bonds. The number of halogens is 2. The van der Waals surface area contributed by atoms with Crippen LogP contribution >= 0.6 is 33.6 Å². The molecule has 2 aromatic rings. The fourth-order valence-corrected chi connectivity index (χ4v) is 5.35. The molecule has 0 unspecified atom stereocenters.